The van der Waals surface area contributed by atoms with Crippen LogP contribution in [0.3, 0.4) is 0 Å². The molecule has 1 aromatic heterocycles. The molecule has 3 nitrogen and oxygen atoms in total. The Morgan fingerprint density at radius 3 is 3.00 bits per heavy atom. The average Bonchev–Trinajstić information content (AvgIpc) is 2.52. The van der Waals surface area contributed by atoms with Crippen LogP contribution in [0.5, 0.6) is 0 Å². The van der Waals surface area contributed by atoms with Crippen molar-refractivity contribution in [2.75, 3.05) is 6.54 Å². The van der Waals surface area contributed by atoms with Gasteiger partial charge in [0, 0.05) is 25.7 Å². The Labute approximate surface area is 71.4 Å². The Morgan fingerprint density at radius 1 is 1.75 bits per heavy atom. The lowest BCUT2D eigenvalue weighted by Crippen LogP contribution is -2.17. The maximum absolute atomic E-state index is 12.8. The first-order valence-corrected chi connectivity index (χ1v) is 4.11. The lowest BCUT2D eigenvalue weighted by atomic mass is 10.2. The van der Waals surface area contributed by atoms with Crippen LogP contribution in [-0.4, -0.2) is 22.5 Å². The third-order valence-electron chi connectivity index (χ3n) is 1.72. The number of aryl methyl sites for hydroxylation is 1. The van der Waals surface area contributed by atoms with E-state index in [0.717, 1.165) is 12.1 Å². The molecule has 0 bridgehead atoms. The molecule has 1 unspecified atom stereocenters. The molecule has 1 heterocycles. The van der Waals surface area contributed by atoms with Crippen LogP contribution in [0.4, 0.5) is 4.39 Å². The molecule has 0 spiro atoms. The first-order chi connectivity index (χ1) is 5.76. The van der Waals surface area contributed by atoms with Crippen LogP contribution < -0.4 is 5.73 Å². The number of aromatic nitrogens is 2. The number of alkyl halides is 1. The van der Waals surface area contributed by atoms with Crippen molar-refractivity contribution in [1.29, 1.82) is 0 Å². The molecule has 0 aromatic carbocycles. The molecule has 68 valence electrons. The minimum absolute atomic E-state index is 0.0807. The highest BCUT2D eigenvalue weighted by Gasteiger charge is 2.06. The van der Waals surface area contributed by atoms with Crippen molar-refractivity contribution in [3.8, 4) is 0 Å². The molecule has 0 aliphatic rings. The quantitative estimate of drug-likeness (QED) is 0.726. The lowest BCUT2D eigenvalue weighted by Gasteiger charge is -2.00. The number of nitrogens with zero attached hydrogens (tertiary/aromatic N) is 2. The van der Waals surface area contributed by atoms with E-state index in [9.17, 15) is 4.39 Å². The number of hydrogen-bond donors (Lipinski definition) is 1. The molecule has 1 rings (SSSR count). The first-order valence-electron chi connectivity index (χ1n) is 4.11. The largest absolute Gasteiger partial charge is 0.328 e. The summed E-state index contributed by atoms with van der Waals surface area (Å²) >= 11 is 0. The normalized spacial score (nSPS) is 13.2. The molecule has 12 heavy (non-hydrogen) atoms. The van der Waals surface area contributed by atoms with Crippen molar-refractivity contribution in [2.45, 2.75) is 26.1 Å². The van der Waals surface area contributed by atoms with Gasteiger partial charge in [0.2, 0.25) is 0 Å². The van der Waals surface area contributed by atoms with Crippen molar-refractivity contribution < 1.29 is 4.39 Å². The van der Waals surface area contributed by atoms with Gasteiger partial charge in [0.1, 0.15) is 6.17 Å². The van der Waals surface area contributed by atoms with Gasteiger partial charge < -0.3 is 5.73 Å². The van der Waals surface area contributed by atoms with Crippen LogP contribution >= 0.6 is 0 Å². The monoisotopic (exact) mass is 171 g/mol. The van der Waals surface area contributed by atoms with E-state index in [1.807, 2.05) is 13.1 Å². The van der Waals surface area contributed by atoms with Crippen LogP contribution in [0.2, 0.25) is 0 Å². The summed E-state index contributed by atoms with van der Waals surface area (Å²) < 4.78 is 14.5. The van der Waals surface area contributed by atoms with Gasteiger partial charge in [-0.25, -0.2) is 4.39 Å². The van der Waals surface area contributed by atoms with Crippen LogP contribution in [0.25, 0.3) is 0 Å². The van der Waals surface area contributed by atoms with E-state index in [1.54, 1.807) is 10.9 Å². The van der Waals surface area contributed by atoms with Crippen molar-refractivity contribution in [1.82, 2.24) is 9.78 Å². The zero-order valence-electron chi connectivity index (χ0n) is 7.20. The number of nitrogens with two attached hydrogens (primary N) is 1. The summed E-state index contributed by atoms with van der Waals surface area (Å²) in [5.41, 5.74) is 6.07. The highest BCUT2D eigenvalue weighted by molar-refractivity contribution is 5.05. The Kier molecular flexibility index (Phi) is 3.22. The van der Waals surface area contributed by atoms with E-state index in [4.69, 9.17) is 5.73 Å². The SMILES string of the molecule is CCn1cc(CC(F)CN)cn1. The molecule has 0 fully saturated rings. The van der Waals surface area contributed by atoms with E-state index in [2.05, 4.69) is 5.10 Å². The van der Waals surface area contributed by atoms with Gasteiger partial charge in [-0.2, -0.15) is 5.10 Å². The lowest BCUT2D eigenvalue weighted by molar-refractivity contribution is 0.340. The van der Waals surface area contributed by atoms with Crippen molar-refractivity contribution in [3.63, 3.8) is 0 Å². The second-order valence-electron chi connectivity index (χ2n) is 2.74. The predicted octanol–water partition coefficient (Wildman–Crippen LogP) is 0.742. The van der Waals surface area contributed by atoms with Gasteiger partial charge in [-0.05, 0) is 12.5 Å². The summed E-state index contributed by atoms with van der Waals surface area (Å²) in [6.07, 6.45) is 2.96. The summed E-state index contributed by atoms with van der Waals surface area (Å²) in [4.78, 5) is 0. The Balaban J connectivity index is 2.52. The molecular weight excluding hydrogens is 157 g/mol. The molecule has 1 atom stereocenters. The number of rotatable bonds is 4. The van der Waals surface area contributed by atoms with Gasteiger partial charge in [0.15, 0.2) is 0 Å². The summed E-state index contributed by atoms with van der Waals surface area (Å²) in [6.45, 7) is 2.89. The second kappa shape index (κ2) is 4.21. The van der Waals surface area contributed by atoms with Gasteiger partial charge >= 0.3 is 0 Å². The van der Waals surface area contributed by atoms with Crippen LogP contribution in [0.1, 0.15) is 12.5 Å². The molecule has 2 N–H and O–H groups in total. The summed E-state index contributed by atoms with van der Waals surface area (Å²) in [5, 5.41) is 4.03. The minimum Gasteiger partial charge on any atom is -0.328 e. The molecule has 4 heteroatoms. The molecule has 0 amide bonds. The van der Waals surface area contributed by atoms with Gasteiger partial charge in [-0.3, -0.25) is 4.68 Å². The van der Waals surface area contributed by atoms with Crippen molar-refractivity contribution >= 4 is 0 Å². The van der Waals surface area contributed by atoms with Gasteiger partial charge in [0.05, 0.1) is 6.20 Å². The number of halogens is 1. The minimum atomic E-state index is -0.945. The Hall–Kier alpha value is -0.900. The highest BCUT2D eigenvalue weighted by Crippen LogP contribution is 2.03. The Morgan fingerprint density at radius 2 is 2.50 bits per heavy atom. The number of hydrogen-bond acceptors (Lipinski definition) is 2. The zero-order chi connectivity index (χ0) is 8.97. The molecule has 1 aromatic rings. The van der Waals surface area contributed by atoms with Crippen LogP contribution in [0.15, 0.2) is 12.4 Å². The highest BCUT2D eigenvalue weighted by atomic mass is 19.1. The first kappa shape index (κ1) is 9.19. The zero-order valence-corrected chi connectivity index (χ0v) is 7.20. The molecule has 0 saturated carbocycles. The van der Waals surface area contributed by atoms with Crippen LogP contribution in [0, 0.1) is 0 Å². The van der Waals surface area contributed by atoms with Gasteiger partial charge in [-0.1, -0.05) is 0 Å². The van der Waals surface area contributed by atoms with E-state index >= 15 is 0 Å². The second-order valence-corrected chi connectivity index (χ2v) is 2.74. The van der Waals surface area contributed by atoms with Gasteiger partial charge in [0.25, 0.3) is 0 Å². The fraction of sp³-hybridized carbons (Fsp3) is 0.625. The molecular formula is C8H14FN3. The van der Waals surface area contributed by atoms with E-state index < -0.39 is 6.17 Å². The van der Waals surface area contributed by atoms with E-state index in [1.165, 1.54) is 0 Å². The maximum Gasteiger partial charge on any atom is 0.116 e. The predicted molar refractivity (Wildman–Crippen MR) is 45.6 cm³/mol. The average molecular weight is 171 g/mol. The summed E-state index contributed by atoms with van der Waals surface area (Å²) in [7, 11) is 0. The smallest absolute Gasteiger partial charge is 0.116 e. The standard InChI is InChI=1S/C8H14FN3/c1-2-12-6-7(5-11-12)3-8(9)4-10/h5-6,8H,2-4,10H2,1H3. The molecule has 0 saturated heterocycles. The van der Waals surface area contributed by atoms with Crippen molar-refractivity contribution in [2.24, 2.45) is 5.73 Å². The molecule has 0 aliphatic carbocycles. The summed E-state index contributed by atoms with van der Waals surface area (Å²) in [5.74, 6) is 0. The van der Waals surface area contributed by atoms with E-state index in [0.29, 0.717) is 6.42 Å². The van der Waals surface area contributed by atoms with Crippen molar-refractivity contribution in [3.05, 3.63) is 18.0 Å². The fourth-order valence-electron chi connectivity index (χ4n) is 1.02. The molecule has 0 radical (unpaired) electrons. The fourth-order valence-corrected chi connectivity index (χ4v) is 1.02. The maximum atomic E-state index is 12.8. The third-order valence-corrected chi connectivity index (χ3v) is 1.72. The van der Waals surface area contributed by atoms with E-state index in [-0.39, 0.29) is 6.54 Å². The van der Waals surface area contributed by atoms with Gasteiger partial charge in [-0.15, -0.1) is 0 Å². The molecule has 0 aliphatic heterocycles. The van der Waals surface area contributed by atoms with Crippen LogP contribution in [-0.2, 0) is 13.0 Å². The third kappa shape index (κ3) is 2.30. The summed E-state index contributed by atoms with van der Waals surface area (Å²) in [6, 6.07) is 0. The Bertz CT molecular complexity index is 234. The topological polar surface area (TPSA) is 43.8 Å².